The minimum atomic E-state index is -0.349. The van der Waals surface area contributed by atoms with Crippen molar-refractivity contribution in [2.75, 3.05) is 27.4 Å². The molecule has 1 aliphatic heterocycles. The normalized spacial score (nSPS) is 16.1. The van der Waals surface area contributed by atoms with Crippen LogP contribution in [-0.4, -0.2) is 49.2 Å². The van der Waals surface area contributed by atoms with Crippen LogP contribution in [0.25, 0.3) is 11.3 Å². The molecular formula is C19H23N3O5. The van der Waals surface area contributed by atoms with Crippen LogP contribution in [0.15, 0.2) is 35.1 Å². The molecule has 1 N–H and O–H groups in total. The van der Waals surface area contributed by atoms with Crippen LogP contribution < -0.4 is 20.3 Å². The zero-order valence-corrected chi connectivity index (χ0v) is 15.4. The lowest BCUT2D eigenvalue weighted by atomic mass is 10.1. The number of rotatable bonds is 7. The zero-order chi connectivity index (χ0) is 19.2. The number of hydrogen-bond acceptors (Lipinski definition) is 6. The number of methoxy groups -OCH3 is 2. The van der Waals surface area contributed by atoms with E-state index in [0.29, 0.717) is 29.3 Å². The summed E-state index contributed by atoms with van der Waals surface area (Å²) in [6.45, 7) is 1.02. The fraction of sp³-hybridized carbons (Fsp3) is 0.421. The van der Waals surface area contributed by atoms with Crippen LogP contribution in [-0.2, 0) is 16.1 Å². The van der Waals surface area contributed by atoms with Crippen molar-refractivity contribution in [3.05, 3.63) is 40.7 Å². The van der Waals surface area contributed by atoms with Crippen molar-refractivity contribution in [3.8, 4) is 22.8 Å². The molecule has 27 heavy (non-hydrogen) atoms. The molecule has 0 radical (unpaired) electrons. The molecule has 1 fully saturated rings. The lowest BCUT2D eigenvalue weighted by Gasteiger charge is -2.13. The maximum absolute atomic E-state index is 12.2. The first kappa shape index (κ1) is 18.9. The minimum Gasteiger partial charge on any atom is -0.497 e. The van der Waals surface area contributed by atoms with Crippen molar-refractivity contribution >= 4 is 5.91 Å². The van der Waals surface area contributed by atoms with Crippen molar-refractivity contribution in [1.29, 1.82) is 0 Å². The number of ether oxygens (including phenoxy) is 3. The predicted octanol–water partition coefficient (Wildman–Crippen LogP) is 1.22. The Morgan fingerprint density at radius 2 is 2.15 bits per heavy atom. The van der Waals surface area contributed by atoms with Gasteiger partial charge < -0.3 is 19.5 Å². The van der Waals surface area contributed by atoms with Gasteiger partial charge in [0, 0.05) is 30.8 Å². The van der Waals surface area contributed by atoms with Crippen LogP contribution >= 0.6 is 0 Å². The maximum Gasteiger partial charge on any atom is 0.267 e. The van der Waals surface area contributed by atoms with E-state index in [1.54, 1.807) is 38.5 Å². The molecule has 8 heteroatoms. The van der Waals surface area contributed by atoms with Gasteiger partial charge in [0.2, 0.25) is 5.91 Å². The van der Waals surface area contributed by atoms with Crippen molar-refractivity contribution in [3.63, 3.8) is 0 Å². The Morgan fingerprint density at radius 1 is 1.30 bits per heavy atom. The number of nitrogens with one attached hydrogen (secondary N) is 1. The molecule has 0 bridgehead atoms. The number of hydrogen-bond donors (Lipinski definition) is 1. The van der Waals surface area contributed by atoms with Crippen LogP contribution in [0.4, 0.5) is 0 Å². The van der Waals surface area contributed by atoms with Gasteiger partial charge in [-0.3, -0.25) is 9.59 Å². The average Bonchev–Trinajstić information content (AvgIpc) is 3.21. The second-order valence-electron chi connectivity index (χ2n) is 6.22. The van der Waals surface area contributed by atoms with E-state index in [-0.39, 0.29) is 24.1 Å². The third-order valence-electron chi connectivity index (χ3n) is 4.40. The number of carbonyl (C=O) groups excluding carboxylic acids is 1. The van der Waals surface area contributed by atoms with Gasteiger partial charge in [-0.2, -0.15) is 5.10 Å². The van der Waals surface area contributed by atoms with E-state index in [1.807, 2.05) is 0 Å². The average molecular weight is 373 g/mol. The van der Waals surface area contributed by atoms with Gasteiger partial charge in [-0.1, -0.05) is 0 Å². The predicted molar refractivity (Wildman–Crippen MR) is 99.0 cm³/mol. The van der Waals surface area contributed by atoms with Crippen molar-refractivity contribution < 1.29 is 19.0 Å². The number of amides is 1. The highest BCUT2D eigenvalue weighted by Gasteiger charge is 2.17. The quantitative estimate of drug-likeness (QED) is 0.785. The summed E-state index contributed by atoms with van der Waals surface area (Å²) in [6, 6.07) is 8.31. The van der Waals surface area contributed by atoms with Gasteiger partial charge in [-0.15, -0.1) is 0 Å². The lowest BCUT2D eigenvalue weighted by molar-refractivity contribution is -0.122. The van der Waals surface area contributed by atoms with Gasteiger partial charge in [0.1, 0.15) is 18.0 Å². The number of nitrogens with zero attached hydrogens (tertiary/aromatic N) is 2. The maximum atomic E-state index is 12.2. The molecule has 3 rings (SSSR count). The first-order chi connectivity index (χ1) is 13.1. The molecule has 1 saturated heterocycles. The Kier molecular flexibility index (Phi) is 6.08. The summed E-state index contributed by atoms with van der Waals surface area (Å²) in [5, 5.41) is 7.11. The molecule has 1 atom stereocenters. The van der Waals surface area contributed by atoms with Gasteiger partial charge in [0.15, 0.2) is 0 Å². The fourth-order valence-corrected chi connectivity index (χ4v) is 2.94. The van der Waals surface area contributed by atoms with Crippen molar-refractivity contribution in [2.45, 2.75) is 25.5 Å². The topological polar surface area (TPSA) is 91.7 Å². The standard InChI is InChI=1S/C19H23N3O5/c1-25-13-5-6-15(17(10-13)26-2)16-7-8-19(24)22(21-16)12-18(23)20-11-14-4-3-9-27-14/h5-8,10,14H,3-4,9,11-12H2,1-2H3,(H,20,23). The van der Waals surface area contributed by atoms with E-state index in [1.165, 1.54) is 6.07 Å². The summed E-state index contributed by atoms with van der Waals surface area (Å²) >= 11 is 0. The molecule has 1 aliphatic rings. The third-order valence-corrected chi connectivity index (χ3v) is 4.40. The lowest BCUT2D eigenvalue weighted by Crippen LogP contribution is -2.37. The van der Waals surface area contributed by atoms with Crippen LogP contribution in [0.2, 0.25) is 0 Å². The molecular weight excluding hydrogens is 350 g/mol. The number of aromatic nitrogens is 2. The summed E-state index contributed by atoms with van der Waals surface area (Å²) in [7, 11) is 3.12. The summed E-state index contributed by atoms with van der Waals surface area (Å²) in [4.78, 5) is 24.3. The Balaban J connectivity index is 1.76. The molecule has 0 spiro atoms. The first-order valence-electron chi connectivity index (χ1n) is 8.79. The summed E-state index contributed by atoms with van der Waals surface area (Å²) < 4.78 is 17.2. The fourth-order valence-electron chi connectivity index (χ4n) is 2.94. The number of benzene rings is 1. The molecule has 2 heterocycles. The van der Waals surface area contributed by atoms with Crippen LogP contribution in [0.3, 0.4) is 0 Å². The second-order valence-corrected chi connectivity index (χ2v) is 6.22. The third kappa shape index (κ3) is 4.65. The van der Waals surface area contributed by atoms with Crippen molar-refractivity contribution in [2.24, 2.45) is 0 Å². The molecule has 8 nitrogen and oxygen atoms in total. The molecule has 2 aromatic rings. The van der Waals surface area contributed by atoms with E-state index < -0.39 is 0 Å². The largest absolute Gasteiger partial charge is 0.497 e. The monoisotopic (exact) mass is 373 g/mol. The van der Waals surface area contributed by atoms with E-state index >= 15 is 0 Å². The highest BCUT2D eigenvalue weighted by molar-refractivity contribution is 5.75. The van der Waals surface area contributed by atoms with Gasteiger partial charge in [-0.25, -0.2) is 4.68 Å². The molecule has 1 aromatic heterocycles. The highest BCUT2D eigenvalue weighted by atomic mass is 16.5. The summed E-state index contributed by atoms with van der Waals surface area (Å²) in [5.41, 5.74) is 0.881. The van der Waals surface area contributed by atoms with Gasteiger partial charge >= 0.3 is 0 Å². The molecule has 0 aliphatic carbocycles. The van der Waals surface area contributed by atoms with E-state index in [9.17, 15) is 9.59 Å². The van der Waals surface area contributed by atoms with Crippen molar-refractivity contribution in [1.82, 2.24) is 15.1 Å². The van der Waals surface area contributed by atoms with Crippen LogP contribution in [0, 0.1) is 0 Å². The van der Waals surface area contributed by atoms with Crippen LogP contribution in [0.1, 0.15) is 12.8 Å². The van der Waals surface area contributed by atoms with E-state index in [4.69, 9.17) is 14.2 Å². The van der Waals surface area contributed by atoms with Crippen LogP contribution in [0.5, 0.6) is 11.5 Å². The Hall–Kier alpha value is -2.87. The molecule has 1 unspecified atom stereocenters. The Morgan fingerprint density at radius 3 is 2.85 bits per heavy atom. The summed E-state index contributed by atoms with van der Waals surface area (Å²) in [5.74, 6) is 0.936. The SMILES string of the molecule is COc1ccc(-c2ccc(=O)n(CC(=O)NCC3CCCO3)n2)c(OC)c1. The highest BCUT2D eigenvalue weighted by Crippen LogP contribution is 2.31. The van der Waals surface area contributed by atoms with Gasteiger partial charge in [0.05, 0.1) is 26.0 Å². The molecule has 0 saturated carbocycles. The molecule has 1 aromatic carbocycles. The van der Waals surface area contributed by atoms with E-state index in [2.05, 4.69) is 10.4 Å². The number of carbonyl (C=O) groups is 1. The Bertz CT molecular complexity index is 859. The summed E-state index contributed by atoms with van der Waals surface area (Å²) in [6.07, 6.45) is 1.99. The van der Waals surface area contributed by atoms with Gasteiger partial charge in [0.25, 0.3) is 5.56 Å². The van der Waals surface area contributed by atoms with Gasteiger partial charge in [-0.05, 0) is 31.0 Å². The first-order valence-corrected chi connectivity index (χ1v) is 8.79. The molecule has 1 amide bonds. The Labute approximate surface area is 157 Å². The van der Waals surface area contributed by atoms with E-state index in [0.717, 1.165) is 24.1 Å². The zero-order valence-electron chi connectivity index (χ0n) is 15.4. The minimum absolute atomic E-state index is 0.0496. The smallest absolute Gasteiger partial charge is 0.267 e. The molecule has 144 valence electrons. The second kappa shape index (κ2) is 8.68.